The largest absolute Gasteiger partial charge is 0.416 e. The number of aromatic nitrogens is 2. The Morgan fingerprint density at radius 2 is 1.72 bits per heavy atom. The summed E-state index contributed by atoms with van der Waals surface area (Å²) in [6.07, 6.45) is -3.41. The van der Waals surface area contributed by atoms with Crippen molar-refractivity contribution in [1.82, 2.24) is 9.89 Å². The molecule has 0 aliphatic carbocycles. The molecule has 5 nitrogen and oxygen atoms in total. The summed E-state index contributed by atoms with van der Waals surface area (Å²) in [6, 6.07) is 10.3. The summed E-state index contributed by atoms with van der Waals surface area (Å²) < 4.78 is 78.2. The number of aryl methyl sites for hydroxylation is 1. The minimum absolute atomic E-state index is 0.255. The number of hydrogen-bond donors (Lipinski definition) is 1. The van der Waals surface area contributed by atoms with Crippen molar-refractivity contribution in [3.05, 3.63) is 71.7 Å². The molecule has 4 aromatic rings. The molecule has 4 rings (SSSR count). The van der Waals surface area contributed by atoms with Crippen LogP contribution < -0.4 is 4.83 Å². The van der Waals surface area contributed by atoms with E-state index in [1.807, 2.05) is 25.1 Å². The van der Waals surface area contributed by atoms with Gasteiger partial charge in [0, 0.05) is 10.8 Å². The quantitative estimate of drug-likeness (QED) is 0.491. The van der Waals surface area contributed by atoms with Crippen molar-refractivity contribution in [3.8, 4) is 0 Å². The minimum atomic E-state index is -4.82. The molecule has 0 unspecified atom stereocenters. The first-order chi connectivity index (χ1) is 13.6. The van der Waals surface area contributed by atoms with Gasteiger partial charge in [-0.25, -0.2) is 4.39 Å². The summed E-state index contributed by atoms with van der Waals surface area (Å²) in [5.74, 6) is -1.30. The molecule has 29 heavy (non-hydrogen) atoms. The highest BCUT2D eigenvalue weighted by atomic mass is 32.2. The molecule has 10 heteroatoms. The van der Waals surface area contributed by atoms with Crippen molar-refractivity contribution >= 4 is 31.7 Å². The molecule has 0 aliphatic rings. The Labute approximate surface area is 162 Å². The van der Waals surface area contributed by atoms with Crippen molar-refractivity contribution in [1.29, 1.82) is 0 Å². The van der Waals surface area contributed by atoms with Crippen LogP contribution in [0.25, 0.3) is 21.7 Å². The molecule has 3 aromatic carbocycles. The van der Waals surface area contributed by atoms with E-state index in [1.54, 1.807) is 12.1 Å². The van der Waals surface area contributed by atoms with Gasteiger partial charge < -0.3 is 0 Å². The van der Waals surface area contributed by atoms with Crippen LogP contribution in [-0.2, 0) is 16.2 Å². The highest BCUT2D eigenvalue weighted by Crippen LogP contribution is 2.32. The minimum Gasteiger partial charge on any atom is -0.205 e. The van der Waals surface area contributed by atoms with Crippen LogP contribution in [-0.4, -0.2) is 18.3 Å². The van der Waals surface area contributed by atoms with Gasteiger partial charge in [-0.05, 0) is 30.5 Å². The summed E-state index contributed by atoms with van der Waals surface area (Å²) in [5, 5.41) is 6.07. The molecular formula is C19H13F4N3O2S. The van der Waals surface area contributed by atoms with Crippen molar-refractivity contribution in [3.63, 3.8) is 0 Å². The first-order valence-corrected chi connectivity index (χ1v) is 9.81. The number of nitrogens with one attached hydrogen (secondary N) is 1. The highest BCUT2D eigenvalue weighted by Gasteiger charge is 2.33. The third kappa shape index (κ3) is 3.39. The summed E-state index contributed by atoms with van der Waals surface area (Å²) in [6.45, 7) is 1.90. The lowest BCUT2D eigenvalue weighted by Crippen LogP contribution is -2.25. The lowest BCUT2D eigenvalue weighted by atomic mass is 10.1. The van der Waals surface area contributed by atoms with Gasteiger partial charge in [-0.3, -0.25) is 0 Å². The van der Waals surface area contributed by atoms with Gasteiger partial charge in [0.05, 0.1) is 11.8 Å². The predicted octanol–water partition coefficient (Wildman–Crippen LogP) is 4.59. The molecule has 0 amide bonds. The van der Waals surface area contributed by atoms with Crippen LogP contribution in [0.4, 0.5) is 17.6 Å². The molecule has 0 saturated heterocycles. The number of fused-ring (bicyclic) bond motifs is 3. The molecule has 1 heterocycles. The molecule has 0 bridgehead atoms. The van der Waals surface area contributed by atoms with Crippen molar-refractivity contribution in [2.24, 2.45) is 0 Å². The van der Waals surface area contributed by atoms with E-state index in [4.69, 9.17) is 0 Å². The molecular weight excluding hydrogens is 410 g/mol. The highest BCUT2D eigenvalue weighted by molar-refractivity contribution is 7.92. The van der Waals surface area contributed by atoms with E-state index < -0.39 is 32.5 Å². The Bertz CT molecular complexity index is 1360. The van der Waals surface area contributed by atoms with Gasteiger partial charge in [0.2, 0.25) is 0 Å². The average Bonchev–Trinajstić information content (AvgIpc) is 3.03. The lowest BCUT2D eigenvalue weighted by molar-refractivity contribution is -0.137. The van der Waals surface area contributed by atoms with Gasteiger partial charge >= 0.3 is 6.18 Å². The number of sulfonamides is 1. The summed E-state index contributed by atoms with van der Waals surface area (Å²) in [5.41, 5.74) is 0.124. The maximum atomic E-state index is 14.1. The first kappa shape index (κ1) is 19.2. The Morgan fingerprint density at radius 3 is 2.45 bits per heavy atom. The van der Waals surface area contributed by atoms with Crippen molar-refractivity contribution < 1.29 is 26.0 Å². The SMILES string of the molecule is Cc1ccc2c(ccc3cnn(NS(=O)(=O)c4cc(C(F)(F)F)ccc4F)c32)c1. The fourth-order valence-electron chi connectivity index (χ4n) is 3.09. The zero-order valence-corrected chi connectivity index (χ0v) is 15.6. The summed E-state index contributed by atoms with van der Waals surface area (Å²) in [7, 11) is -4.69. The smallest absolute Gasteiger partial charge is 0.205 e. The molecule has 0 atom stereocenters. The standard InChI is InChI=1S/C19H13F4N3O2S/c1-11-2-6-15-12(8-11)3-4-13-10-24-26(18(13)15)25-29(27,28)17-9-14(19(21,22)23)5-7-16(17)20/h2-10,25H,1H3. The third-order valence-electron chi connectivity index (χ3n) is 4.46. The predicted molar refractivity (Wildman–Crippen MR) is 99.9 cm³/mol. The second-order valence-corrected chi connectivity index (χ2v) is 8.15. The molecule has 0 fully saturated rings. The Hall–Kier alpha value is -3.14. The number of alkyl halides is 3. The zero-order valence-electron chi connectivity index (χ0n) is 14.8. The molecule has 150 valence electrons. The van der Waals surface area contributed by atoms with Gasteiger partial charge in [-0.15, -0.1) is 0 Å². The molecule has 0 radical (unpaired) electrons. The second kappa shape index (κ2) is 6.45. The Kier molecular flexibility index (Phi) is 4.26. The van der Waals surface area contributed by atoms with Gasteiger partial charge in [-0.1, -0.05) is 35.9 Å². The van der Waals surface area contributed by atoms with Crippen molar-refractivity contribution in [2.75, 3.05) is 4.83 Å². The van der Waals surface area contributed by atoms with Gasteiger partial charge in [0.1, 0.15) is 16.2 Å². The average molecular weight is 423 g/mol. The van der Waals surface area contributed by atoms with Crippen LogP contribution in [0.3, 0.4) is 0 Å². The van der Waals surface area contributed by atoms with Crippen LogP contribution in [0.1, 0.15) is 11.1 Å². The normalized spacial score (nSPS) is 12.6. The van der Waals surface area contributed by atoms with Gasteiger partial charge in [-0.2, -0.15) is 36.3 Å². The number of halogens is 4. The van der Waals surface area contributed by atoms with Gasteiger partial charge in [0.15, 0.2) is 0 Å². The molecule has 0 spiro atoms. The number of nitrogens with zero attached hydrogens (tertiary/aromatic N) is 2. The molecule has 0 aliphatic heterocycles. The first-order valence-electron chi connectivity index (χ1n) is 8.33. The second-order valence-electron chi connectivity index (χ2n) is 6.52. The summed E-state index contributed by atoms with van der Waals surface area (Å²) in [4.78, 5) is 1.85. The molecule has 1 aromatic heterocycles. The fourth-order valence-corrected chi connectivity index (χ4v) is 4.16. The van der Waals surface area contributed by atoms with Crippen LogP contribution in [0, 0.1) is 12.7 Å². The maximum Gasteiger partial charge on any atom is 0.416 e. The van der Waals surface area contributed by atoms with E-state index in [1.165, 1.54) is 6.20 Å². The lowest BCUT2D eigenvalue weighted by Gasteiger charge is -2.13. The monoisotopic (exact) mass is 423 g/mol. The van der Waals surface area contributed by atoms with E-state index in [0.29, 0.717) is 28.4 Å². The van der Waals surface area contributed by atoms with Gasteiger partial charge in [0.25, 0.3) is 10.0 Å². The Morgan fingerprint density at radius 1 is 1.00 bits per heavy atom. The summed E-state index contributed by atoms with van der Waals surface area (Å²) >= 11 is 0. The topological polar surface area (TPSA) is 64.0 Å². The van der Waals surface area contributed by atoms with Crippen molar-refractivity contribution in [2.45, 2.75) is 18.0 Å². The maximum absolute atomic E-state index is 14.1. The van der Waals surface area contributed by atoms with Crippen LogP contribution in [0.5, 0.6) is 0 Å². The van der Waals surface area contributed by atoms with E-state index in [0.717, 1.165) is 15.7 Å². The van der Waals surface area contributed by atoms with E-state index in [9.17, 15) is 26.0 Å². The van der Waals surface area contributed by atoms with E-state index in [2.05, 4.69) is 9.93 Å². The van der Waals surface area contributed by atoms with Crippen LogP contribution in [0.2, 0.25) is 0 Å². The third-order valence-corrected chi connectivity index (χ3v) is 5.76. The number of rotatable bonds is 3. The number of benzene rings is 3. The zero-order chi connectivity index (χ0) is 21.0. The molecule has 1 N–H and O–H groups in total. The molecule has 0 saturated carbocycles. The number of hydrogen-bond acceptors (Lipinski definition) is 3. The van der Waals surface area contributed by atoms with Crippen LogP contribution in [0.15, 0.2) is 59.6 Å². The fraction of sp³-hybridized carbons (Fsp3) is 0.105. The Balaban J connectivity index is 1.85. The van der Waals surface area contributed by atoms with Crippen LogP contribution >= 0.6 is 0 Å². The van der Waals surface area contributed by atoms with E-state index in [-0.39, 0.29) is 6.07 Å². The van der Waals surface area contributed by atoms with E-state index >= 15 is 0 Å².